The standard InChI is InChI=1S/C10H12BrF/c1-7(2)6-8-4-3-5-9(12)10(8)11/h3-5,7H,6H2,1-2H3. The molecule has 2 heteroatoms. The van der Waals surface area contributed by atoms with Gasteiger partial charge in [-0.2, -0.15) is 0 Å². The zero-order valence-corrected chi connectivity index (χ0v) is 8.86. The van der Waals surface area contributed by atoms with Gasteiger partial charge >= 0.3 is 0 Å². The van der Waals surface area contributed by atoms with E-state index in [0.717, 1.165) is 12.0 Å². The highest BCUT2D eigenvalue weighted by molar-refractivity contribution is 9.10. The summed E-state index contributed by atoms with van der Waals surface area (Å²) in [4.78, 5) is 0. The Morgan fingerprint density at radius 3 is 2.67 bits per heavy atom. The van der Waals surface area contributed by atoms with Gasteiger partial charge in [0.2, 0.25) is 0 Å². The van der Waals surface area contributed by atoms with Gasteiger partial charge < -0.3 is 0 Å². The minimum Gasteiger partial charge on any atom is -0.206 e. The van der Waals surface area contributed by atoms with E-state index in [-0.39, 0.29) is 5.82 Å². The lowest BCUT2D eigenvalue weighted by molar-refractivity contribution is 0.605. The van der Waals surface area contributed by atoms with Crippen LogP contribution in [0, 0.1) is 11.7 Å². The van der Waals surface area contributed by atoms with Gasteiger partial charge in [0.15, 0.2) is 0 Å². The van der Waals surface area contributed by atoms with E-state index in [0.29, 0.717) is 10.4 Å². The van der Waals surface area contributed by atoms with Gasteiger partial charge in [-0.15, -0.1) is 0 Å². The summed E-state index contributed by atoms with van der Waals surface area (Å²) < 4.78 is 13.6. The fraction of sp³-hybridized carbons (Fsp3) is 0.400. The molecule has 0 nitrogen and oxygen atoms in total. The zero-order valence-electron chi connectivity index (χ0n) is 7.27. The van der Waals surface area contributed by atoms with Crippen molar-refractivity contribution in [1.29, 1.82) is 0 Å². The van der Waals surface area contributed by atoms with E-state index in [4.69, 9.17) is 0 Å². The number of benzene rings is 1. The van der Waals surface area contributed by atoms with Crippen molar-refractivity contribution in [3.63, 3.8) is 0 Å². The molecular formula is C10H12BrF. The first kappa shape index (κ1) is 9.72. The van der Waals surface area contributed by atoms with Crippen LogP contribution in [-0.2, 0) is 6.42 Å². The maximum absolute atomic E-state index is 13.0. The Balaban J connectivity index is 2.92. The van der Waals surface area contributed by atoms with Crippen molar-refractivity contribution in [2.45, 2.75) is 20.3 Å². The molecule has 0 fully saturated rings. The van der Waals surface area contributed by atoms with Gasteiger partial charge in [0, 0.05) is 0 Å². The monoisotopic (exact) mass is 230 g/mol. The van der Waals surface area contributed by atoms with Crippen molar-refractivity contribution < 1.29 is 4.39 Å². The minimum atomic E-state index is -0.173. The van der Waals surface area contributed by atoms with Gasteiger partial charge in [-0.3, -0.25) is 0 Å². The van der Waals surface area contributed by atoms with Crippen molar-refractivity contribution in [3.05, 3.63) is 34.1 Å². The van der Waals surface area contributed by atoms with Gasteiger partial charge in [0.1, 0.15) is 5.82 Å². The lowest BCUT2D eigenvalue weighted by atomic mass is 10.0. The average Bonchev–Trinajstić information content (AvgIpc) is 1.98. The van der Waals surface area contributed by atoms with Gasteiger partial charge in [-0.05, 0) is 39.9 Å². The van der Waals surface area contributed by atoms with Crippen molar-refractivity contribution >= 4 is 15.9 Å². The molecule has 1 aromatic rings. The van der Waals surface area contributed by atoms with E-state index in [9.17, 15) is 4.39 Å². The average molecular weight is 231 g/mol. The fourth-order valence-corrected chi connectivity index (χ4v) is 1.57. The molecular weight excluding hydrogens is 219 g/mol. The van der Waals surface area contributed by atoms with E-state index >= 15 is 0 Å². The second-order valence-corrected chi connectivity index (χ2v) is 4.10. The van der Waals surface area contributed by atoms with Crippen LogP contribution in [0.5, 0.6) is 0 Å². The predicted octanol–water partition coefficient (Wildman–Crippen LogP) is 3.79. The van der Waals surface area contributed by atoms with Gasteiger partial charge in [0.05, 0.1) is 4.47 Å². The summed E-state index contributed by atoms with van der Waals surface area (Å²) in [5, 5.41) is 0. The second-order valence-electron chi connectivity index (χ2n) is 3.31. The molecule has 1 rings (SSSR count). The Bertz CT molecular complexity index is 269. The molecule has 0 atom stereocenters. The first-order chi connectivity index (χ1) is 5.61. The summed E-state index contributed by atoms with van der Waals surface area (Å²) >= 11 is 3.23. The van der Waals surface area contributed by atoms with E-state index in [1.54, 1.807) is 6.07 Å². The summed E-state index contributed by atoms with van der Waals surface area (Å²) in [6.45, 7) is 4.24. The van der Waals surface area contributed by atoms with Crippen LogP contribution in [0.1, 0.15) is 19.4 Å². The van der Waals surface area contributed by atoms with E-state index in [1.165, 1.54) is 6.07 Å². The van der Waals surface area contributed by atoms with E-state index in [1.807, 2.05) is 6.07 Å². The fourth-order valence-electron chi connectivity index (χ4n) is 1.15. The topological polar surface area (TPSA) is 0 Å². The van der Waals surface area contributed by atoms with Crippen LogP contribution in [-0.4, -0.2) is 0 Å². The van der Waals surface area contributed by atoms with Crippen LogP contribution in [0.25, 0.3) is 0 Å². The van der Waals surface area contributed by atoms with Crippen molar-refractivity contribution in [3.8, 4) is 0 Å². The highest BCUT2D eigenvalue weighted by Crippen LogP contribution is 2.22. The zero-order chi connectivity index (χ0) is 9.14. The highest BCUT2D eigenvalue weighted by Gasteiger charge is 2.05. The Morgan fingerprint density at radius 1 is 1.42 bits per heavy atom. The van der Waals surface area contributed by atoms with Crippen LogP contribution >= 0.6 is 15.9 Å². The third-order valence-electron chi connectivity index (χ3n) is 1.66. The molecule has 0 aromatic heterocycles. The van der Waals surface area contributed by atoms with Crippen LogP contribution in [0.2, 0.25) is 0 Å². The Kier molecular flexibility index (Phi) is 3.27. The molecule has 0 saturated heterocycles. The molecule has 0 heterocycles. The first-order valence-corrected chi connectivity index (χ1v) is 4.83. The van der Waals surface area contributed by atoms with Crippen molar-refractivity contribution in [1.82, 2.24) is 0 Å². The lowest BCUT2D eigenvalue weighted by Gasteiger charge is -2.07. The highest BCUT2D eigenvalue weighted by atomic mass is 79.9. The Labute approximate surface area is 80.9 Å². The maximum Gasteiger partial charge on any atom is 0.137 e. The predicted molar refractivity (Wildman–Crippen MR) is 52.6 cm³/mol. The molecule has 0 radical (unpaired) electrons. The molecule has 0 aliphatic carbocycles. The number of hydrogen-bond acceptors (Lipinski definition) is 0. The number of halogens is 2. The maximum atomic E-state index is 13.0. The third-order valence-corrected chi connectivity index (χ3v) is 2.55. The van der Waals surface area contributed by atoms with E-state index in [2.05, 4.69) is 29.8 Å². The molecule has 0 saturated carbocycles. The smallest absolute Gasteiger partial charge is 0.137 e. The van der Waals surface area contributed by atoms with Crippen LogP contribution in [0.4, 0.5) is 4.39 Å². The lowest BCUT2D eigenvalue weighted by Crippen LogP contribution is -1.96. The summed E-state index contributed by atoms with van der Waals surface area (Å²) in [7, 11) is 0. The summed E-state index contributed by atoms with van der Waals surface area (Å²) in [6.07, 6.45) is 0.915. The van der Waals surface area contributed by atoms with Crippen molar-refractivity contribution in [2.75, 3.05) is 0 Å². The largest absolute Gasteiger partial charge is 0.206 e. The third kappa shape index (κ3) is 2.31. The Morgan fingerprint density at radius 2 is 2.08 bits per heavy atom. The minimum absolute atomic E-state index is 0.173. The van der Waals surface area contributed by atoms with Gasteiger partial charge in [-0.25, -0.2) is 4.39 Å². The molecule has 0 spiro atoms. The van der Waals surface area contributed by atoms with E-state index < -0.39 is 0 Å². The number of hydrogen-bond donors (Lipinski definition) is 0. The quantitative estimate of drug-likeness (QED) is 0.726. The van der Waals surface area contributed by atoms with Crippen LogP contribution in [0.15, 0.2) is 22.7 Å². The molecule has 66 valence electrons. The normalized spacial score (nSPS) is 10.8. The van der Waals surface area contributed by atoms with Gasteiger partial charge in [0.25, 0.3) is 0 Å². The SMILES string of the molecule is CC(C)Cc1cccc(F)c1Br. The molecule has 12 heavy (non-hydrogen) atoms. The molecule has 0 aliphatic heterocycles. The molecule has 0 aliphatic rings. The van der Waals surface area contributed by atoms with Crippen LogP contribution in [0.3, 0.4) is 0 Å². The second kappa shape index (κ2) is 4.04. The summed E-state index contributed by atoms with van der Waals surface area (Å²) in [6, 6.07) is 5.17. The molecule has 0 N–H and O–H groups in total. The molecule has 0 unspecified atom stereocenters. The molecule has 0 amide bonds. The first-order valence-electron chi connectivity index (χ1n) is 4.04. The number of rotatable bonds is 2. The van der Waals surface area contributed by atoms with Gasteiger partial charge in [-0.1, -0.05) is 26.0 Å². The Hall–Kier alpha value is -0.370. The molecule has 1 aromatic carbocycles. The summed E-state index contributed by atoms with van der Waals surface area (Å²) in [5.41, 5.74) is 1.05. The molecule has 0 bridgehead atoms. The van der Waals surface area contributed by atoms with Crippen LogP contribution < -0.4 is 0 Å². The van der Waals surface area contributed by atoms with Crippen molar-refractivity contribution in [2.24, 2.45) is 5.92 Å². The summed E-state index contributed by atoms with van der Waals surface area (Å²) in [5.74, 6) is 0.385.